The molecule has 0 saturated carbocycles. The zero-order chi connectivity index (χ0) is 20.8. The Kier molecular flexibility index (Phi) is 6.15. The van der Waals surface area contributed by atoms with E-state index in [9.17, 15) is 9.59 Å². The molecule has 0 spiro atoms. The molecule has 2 amide bonds. The summed E-state index contributed by atoms with van der Waals surface area (Å²) in [6.45, 7) is 1.81. The number of pyridine rings is 1. The van der Waals surface area contributed by atoms with Crippen LogP contribution in [0.5, 0.6) is 0 Å². The van der Waals surface area contributed by atoms with Crippen molar-refractivity contribution >= 4 is 23.2 Å². The van der Waals surface area contributed by atoms with E-state index >= 15 is 0 Å². The fourth-order valence-corrected chi connectivity index (χ4v) is 3.75. The molecule has 3 aromatic rings. The number of likely N-dealkylation sites (tertiary alicyclic amines) is 1. The first-order valence-corrected chi connectivity index (χ1v) is 10.1. The standard InChI is InChI=1S/C24H24N4O2/c29-23(26-20-11-13-25-14-12-20)19-9-6-10-21(17-19)27-24(30)22(28-15-4-5-16-28)18-7-2-1-3-8-18/h1-3,6-14,17,22H,4-5,15-16H2,(H,27,30)(H,25,26,29). The molecule has 1 unspecified atom stereocenters. The van der Waals surface area contributed by atoms with Gasteiger partial charge in [-0.2, -0.15) is 0 Å². The number of carbonyl (C=O) groups is 2. The summed E-state index contributed by atoms with van der Waals surface area (Å²) in [6, 6.07) is 19.9. The Bertz CT molecular complexity index is 1000. The lowest BCUT2D eigenvalue weighted by atomic mass is 10.0. The number of anilines is 2. The van der Waals surface area contributed by atoms with E-state index in [0.29, 0.717) is 16.9 Å². The lowest BCUT2D eigenvalue weighted by molar-refractivity contribution is -0.121. The minimum absolute atomic E-state index is 0.0882. The molecule has 1 aromatic heterocycles. The molecule has 152 valence electrons. The molecule has 1 fully saturated rings. The lowest BCUT2D eigenvalue weighted by Crippen LogP contribution is -2.35. The van der Waals surface area contributed by atoms with E-state index in [1.54, 1.807) is 48.8 Å². The smallest absolute Gasteiger partial charge is 0.255 e. The van der Waals surface area contributed by atoms with Crippen LogP contribution < -0.4 is 10.6 Å². The van der Waals surface area contributed by atoms with Crippen LogP contribution >= 0.6 is 0 Å². The third-order valence-corrected chi connectivity index (χ3v) is 5.20. The average molecular weight is 400 g/mol. The van der Waals surface area contributed by atoms with Gasteiger partial charge in [-0.25, -0.2) is 0 Å². The highest BCUT2D eigenvalue weighted by Crippen LogP contribution is 2.27. The Balaban J connectivity index is 1.50. The van der Waals surface area contributed by atoms with Crippen LogP contribution in [-0.2, 0) is 4.79 Å². The van der Waals surface area contributed by atoms with Gasteiger partial charge in [-0.3, -0.25) is 19.5 Å². The zero-order valence-corrected chi connectivity index (χ0v) is 16.6. The number of nitrogens with one attached hydrogen (secondary N) is 2. The molecule has 2 N–H and O–H groups in total. The van der Waals surface area contributed by atoms with E-state index in [-0.39, 0.29) is 17.9 Å². The van der Waals surface area contributed by atoms with Crippen LogP contribution in [-0.4, -0.2) is 34.8 Å². The number of aromatic nitrogens is 1. The minimum Gasteiger partial charge on any atom is -0.324 e. The topological polar surface area (TPSA) is 74.3 Å². The van der Waals surface area contributed by atoms with Gasteiger partial charge < -0.3 is 10.6 Å². The van der Waals surface area contributed by atoms with Crippen LogP contribution in [0, 0.1) is 0 Å². The molecule has 2 heterocycles. The molecule has 2 aromatic carbocycles. The van der Waals surface area contributed by atoms with E-state index in [4.69, 9.17) is 0 Å². The molecule has 1 aliphatic heterocycles. The minimum atomic E-state index is -0.344. The highest BCUT2D eigenvalue weighted by Gasteiger charge is 2.29. The maximum absolute atomic E-state index is 13.2. The molecule has 30 heavy (non-hydrogen) atoms. The van der Waals surface area contributed by atoms with E-state index in [2.05, 4.69) is 20.5 Å². The van der Waals surface area contributed by atoms with E-state index in [0.717, 1.165) is 31.5 Å². The summed E-state index contributed by atoms with van der Waals surface area (Å²) in [5.74, 6) is -0.328. The number of amides is 2. The van der Waals surface area contributed by atoms with E-state index in [1.807, 2.05) is 30.3 Å². The van der Waals surface area contributed by atoms with Crippen molar-refractivity contribution in [3.05, 3.63) is 90.3 Å². The maximum Gasteiger partial charge on any atom is 0.255 e. The molecule has 6 nitrogen and oxygen atoms in total. The molecule has 1 saturated heterocycles. The summed E-state index contributed by atoms with van der Waals surface area (Å²) in [6.07, 6.45) is 5.44. The molecule has 0 bridgehead atoms. The number of rotatable bonds is 6. The van der Waals surface area contributed by atoms with Gasteiger partial charge in [0.05, 0.1) is 0 Å². The van der Waals surface area contributed by atoms with Gasteiger partial charge in [0.25, 0.3) is 5.91 Å². The van der Waals surface area contributed by atoms with Crippen LogP contribution in [0.25, 0.3) is 0 Å². The Labute approximate surface area is 175 Å². The summed E-state index contributed by atoms with van der Waals surface area (Å²) in [7, 11) is 0. The molecular formula is C24H24N4O2. The SMILES string of the molecule is O=C(Nc1ccncc1)c1cccc(NC(=O)C(c2ccccc2)N2CCCC2)c1. The second-order valence-electron chi connectivity index (χ2n) is 7.32. The van der Waals surface area contributed by atoms with Crippen LogP contribution in [0.2, 0.25) is 0 Å². The predicted molar refractivity (Wildman–Crippen MR) is 117 cm³/mol. The number of hydrogen-bond donors (Lipinski definition) is 2. The highest BCUT2D eigenvalue weighted by molar-refractivity contribution is 6.05. The number of benzene rings is 2. The van der Waals surface area contributed by atoms with Gasteiger partial charge >= 0.3 is 0 Å². The largest absolute Gasteiger partial charge is 0.324 e. The van der Waals surface area contributed by atoms with Gasteiger partial charge in [-0.1, -0.05) is 36.4 Å². The fraction of sp³-hybridized carbons (Fsp3) is 0.208. The highest BCUT2D eigenvalue weighted by atomic mass is 16.2. The van der Waals surface area contributed by atoms with Crippen molar-refractivity contribution in [2.45, 2.75) is 18.9 Å². The van der Waals surface area contributed by atoms with Gasteiger partial charge in [0.2, 0.25) is 5.91 Å². The first-order valence-electron chi connectivity index (χ1n) is 10.1. The van der Waals surface area contributed by atoms with Crippen molar-refractivity contribution < 1.29 is 9.59 Å². The summed E-state index contributed by atoms with van der Waals surface area (Å²) in [5, 5.41) is 5.84. The summed E-state index contributed by atoms with van der Waals surface area (Å²) in [5.41, 5.74) is 2.72. The average Bonchev–Trinajstić information content (AvgIpc) is 3.30. The fourth-order valence-electron chi connectivity index (χ4n) is 3.75. The van der Waals surface area contributed by atoms with Crippen molar-refractivity contribution in [1.82, 2.24) is 9.88 Å². The molecule has 6 heteroatoms. The molecule has 4 rings (SSSR count). The Morgan fingerprint density at radius 3 is 2.30 bits per heavy atom. The number of nitrogens with zero attached hydrogens (tertiary/aromatic N) is 2. The van der Waals surface area contributed by atoms with Gasteiger partial charge in [0.15, 0.2) is 0 Å². The molecule has 1 atom stereocenters. The molecular weight excluding hydrogens is 376 g/mol. The second kappa shape index (κ2) is 9.33. The first kappa shape index (κ1) is 19.8. The van der Waals surface area contributed by atoms with Crippen molar-refractivity contribution in [3.8, 4) is 0 Å². The van der Waals surface area contributed by atoms with Crippen molar-refractivity contribution in [2.24, 2.45) is 0 Å². The molecule has 0 radical (unpaired) electrons. The summed E-state index contributed by atoms with van der Waals surface area (Å²) in [4.78, 5) is 31.9. The van der Waals surface area contributed by atoms with Gasteiger partial charge in [-0.05, 0) is 61.8 Å². The van der Waals surface area contributed by atoms with E-state index < -0.39 is 0 Å². The Morgan fingerprint density at radius 2 is 1.57 bits per heavy atom. The third-order valence-electron chi connectivity index (χ3n) is 5.20. The number of hydrogen-bond acceptors (Lipinski definition) is 4. The normalized spacial score (nSPS) is 14.8. The summed E-state index contributed by atoms with van der Waals surface area (Å²) < 4.78 is 0. The van der Waals surface area contributed by atoms with Crippen molar-refractivity contribution in [1.29, 1.82) is 0 Å². The predicted octanol–water partition coefficient (Wildman–Crippen LogP) is 4.11. The molecule has 0 aliphatic carbocycles. The van der Waals surface area contributed by atoms with E-state index in [1.165, 1.54) is 0 Å². The van der Waals surface area contributed by atoms with Crippen LogP contribution in [0.15, 0.2) is 79.1 Å². The quantitative estimate of drug-likeness (QED) is 0.653. The monoisotopic (exact) mass is 400 g/mol. The van der Waals surface area contributed by atoms with Crippen LogP contribution in [0.4, 0.5) is 11.4 Å². The Hall–Kier alpha value is -3.51. The van der Waals surface area contributed by atoms with Gasteiger partial charge in [-0.15, -0.1) is 0 Å². The van der Waals surface area contributed by atoms with Crippen LogP contribution in [0.1, 0.15) is 34.8 Å². The summed E-state index contributed by atoms with van der Waals surface area (Å²) >= 11 is 0. The lowest BCUT2D eigenvalue weighted by Gasteiger charge is -2.27. The van der Waals surface area contributed by atoms with Crippen LogP contribution in [0.3, 0.4) is 0 Å². The first-order chi connectivity index (χ1) is 14.7. The molecule has 1 aliphatic rings. The zero-order valence-electron chi connectivity index (χ0n) is 16.6. The Morgan fingerprint density at radius 1 is 0.833 bits per heavy atom. The van der Waals surface area contributed by atoms with Crippen molar-refractivity contribution in [3.63, 3.8) is 0 Å². The number of carbonyl (C=O) groups excluding carboxylic acids is 2. The maximum atomic E-state index is 13.2. The van der Waals surface area contributed by atoms with Crippen molar-refractivity contribution in [2.75, 3.05) is 23.7 Å². The van der Waals surface area contributed by atoms with Gasteiger partial charge in [0, 0.05) is 29.3 Å². The van der Waals surface area contributed by atoms with Gasteiger partial charge in [0.1, 0.15) is 6.04 Å². The third kappa shape index (κ3) is 4.72. The second-order valence-corrected chi connectivity index (χ2v) is 7.32.